The summed E-state index contributed by atoms with van der Waals surface area (Å²) in [5, 5.41) is 0. The van der Waals surface area contributed by atoms with Crippen LogP contribution in [0.15, 0.2) is 45.9 Å². The molecule has 8 heteroatoms. The van der Waals surface area contributed by atoms with Gasteiger partial charge in [-0.2, -0.15) is 0 Å². The smallest absolute Gasteiger partial charge is 0.266 e. The minimum absolute atomic E-state index is 0.00100. The number of nitrogen functional groups attached to an aromatic ring is 1. The van der Waals surface area contributed by atoms with Gasteiger partial charge in [-0.1, -0.05) is 0 Å². The minimum Gasteiger partial charge on any atom is -0.495 e. The Balaban J connectivity index is 2.38. The van der Waals surface area contributed by atoms with Gasteiger partial charge in [0.1, 0.15) is 16.5 Å². The highest BCUT2D eigenvalue weighted by molar-refractivity contribution is 9.10. The van der Waals surface area contributed by atoms with Gasteiger partial charge in [-0.15, -0.1) is 0 Å². The molecular formula is C12H12BrN3O3S. The molecule has 0 radical (unpaired) electrons. The van der Waals surface area contributed by atoms with E-state index in [0.29, 0.717) is 5.69 Å². The number of nitrogens with one attached hydrogen (secondary N) is 1. The van der Waals surface area contributed by atoms with Crippen LogP contribution >= 0.6 is 15.9 Å². The van der Waals surface area contributed by atoms with Crippen molar-refractivity contribution < 1.29 is 13.2 Å². The van der Waals surface area contributed by atoms with Crippen molar-refractivity contribution in [2.24, 2.45) is 0 Å². The molecule has 0 unspecified atom stereocenters. The Kier molecular flexibility index (Phi) is 4.15. The van der Waals surface area contributed by atoms with Crippen LogP contribution in [0.1, 0.15) is 0 Å². The van der Waals surface area contributed by atoms with E-state index < -0.39 is 10.0 Å². The van der Waals surface area contributed by atoms with Crippen LogP contribution in [0.25, 0.3) is 0 Å². The van der Waals surface area contributed by atoms with Gasteiger partial charge >= 0.3 is 0 Å². The zero-order chi connectivity index (χ0) is 14.8. The number of nitrogens with two attached hydrogens (primary N) is 1. The second kappa shape index (κ2) is 5.68. The second-order valence-electron chi connectivity index (χ2n) is 3.88. The highest BCUT2D eigenvalue weighted by Crippen LogP contribution is 2.27. The SMILES string of the molecule is COc1cc(N)ccc1S(=O)(=O)Nc1ccc(Br)cn1. The molecule has 0 aliphatic carbocycles. The lowest BCUT2D eigenvalue weighted by Gasteiger charge is -2.11. The van der Waals surface area contributed by atoms with Crippen molar-refractivity contribution in [2.45, 2.75) is 4.90 Å². The number of methoxy groups -OCH3 is 1. The van der Waals surface area contributed by atoms with Crippen molar-refractivity contribution in [3.63, 3.8) is 0 Å². The van der Waals surface area contributed by atoms with E-state index in [4.69, 9.17) is 10.5 Å². The van der Waals surface area contributed by atoms with Crippen LogP contribution in [0, 0.1) is 0 Å². The predicted molar refractivity (Wildman–Crippen MR) is 80.2 cm³/mol. The van der Waals surface area contributed by atoms with Gasteiger partial charge in [0.25, 0.3) is 10.0 Å². The molecule has 0 aliphatic heterocycles. The molecule has 0 bridgehead atoms. The molecule has 0 saturated heterocycles. The molecule has 0 amide bonds. The third-order valence-electron chi connectivity index (χ3n) is 2.44. The molecule has 3 N–H and O–H groups in total. The molecule has 1 aromatic heterocycles. The van der Waals surface area contributed by atoms with E-state index in [0.717, 1.165) is 4.47 Å². The molecule has 2 aromatic rings. The standard InChI is InChI=1S/C12H12BrN3O3S/c1-19-10-6-9(14)3-4-11(10)20(17,18)16-12-5-2-8(13)7-15-12/h2-7H,14H2,1H3,(H,15,16). The average Bonchev–Trinajstić information content (AvgIpc) is 2.40. The van der Waals surface area contributed by atoms with Crippen LogP contribution in [0.3, 0.4) is 0 Å². The third-order valence-corrected chi connectivity index (χ3v) is 4.31. The van der Waals surface area contributed by atoms with E-state index in [1.54, 1.807) is 12.1 Å². The fourth-order valence-electron chi connectivity index (χ4n) is 1.54. The molecular weight excluding hydrogens is 346 g/mol. The van der Waals surface area contributed by atoms with Crippen molar-refractivity contribution in [3.05, 3.63) is 41.0 Å². The van der Waals surface area contributed by atoms with Crippen molar-refractivity contribution in [1.29, 1.82) is 0 Å². The van der Waals surface area contributed by atoms with Crippen LogP contribution in [0.4, 0.5) is 11.5 Å². The highest BCUT2D eigenvalue weighted by atomic mass is 79.9. The average molecular weight is 358 g/mol. The fourth-order valence-corrected chi connectivity index (χ4v) is 2.93. The number of aromatic nitrogens is 1. The Hall–Kier alpha value is -1.80. The molecule has 0 atom stereocenters. The molecule has 6 nitrogen and oxygen atoms in total. The molecule has 0 aliphatic rings. The summed E-state index contributed by atoms with van der Waals surface area (Å²) in [6.07, 6.45) is 1.50. The van der Waals surface area contributed by atoms with Crippen LogP contribution in [-0.2, 0) is 10.0 Å². The zero-order valence-electron chi connectivity index (χ0n) is 10.5. The van der Waals surface area contributed by atoms with Gasteiger partial charge in [-0.3, -0.25) is 4.72 Å². The second-order valence-corrected chi connectivity index (χ2v) is 6.44. The Morgan fingerprint density at radius 2 is 2.05 bits per heavy atom. The molecule has 1 heterocycles. The first-order valence-electron chi connectivity index (χ1n) is 5.50. The Bertz CT molecular complexity index is 717. The van der Waals surface area contributed by atoms with E-state index in [1.165, 1.54) is 31.5 Å². The number of halogens is 1. The van der Waals surface area contributed by atoms with Crippen molar-refractivity contribution >= 4 is 37.5 Å². The number of benzene rings is 1. The molecule has 0 saturated carbocycles. The monoisotopic (exact) mass is 357 g/mol. The fraction of sp³-hybridized carbons (Fsp3) is 0.0833. The Morgan fingerprint density at radius 1 is 1.30 bits per heavy atom. The van der Waals surface area contributed by atoms with Crippen molar-refractivity contribution in [3.8, 4) is 5.75 Å². The van der Waals surface area contributed by atoms with Crippen LogP contribution in [-0.4, -0.2) is 20.5 Å². The molecule has 0 spiro atoms. The molecule has 20 heavy (non-hydrogen) atoms. The molecule has 0 fully saturated rings. The summed E-state index contributed by atoms with van der Waals surface area (Å²) in [7, 11) is -2.41. The van der Waals surface area contributed by atoms with Gasteiger partial charge in [-0.25, -0.2) is 13.4 Å². The number of nitrogens with zero attached hydrogens (tertiary/aromatic N) is 1. The van der Waals surface area contributed by atoms with Crippen LogP contribution in [0.5, 0.6) is 5.75 Å². The maximum Gasteiger partial charge on any atom is 0.266 e. The van der Waals surface area contributed by atoms with E-state index >= 15 is 0 Å². The lowest BCUT2D eigenvalue weighted by Crippen LogP contribution is -2.15. The summed E-state index contributed by atoms with van der Waals surface area (Å²) in [5.41, 5.74) is 6.02. The molecule has 2 rings (SSSR count). The third kappa shape index (κ3) is 3.20. The van der Waals surface area contributed by atoms with Crippen molar-refractivity contribution in [1.82, 2.24) is 4.98 Å². The molecule has 106 valence electrons. The summed E-state index contributed by atoms with van der Waals surface area (Å²) in [6, 6.07) is 7.56. The number of hydrogen-bond donors (Lipinski definition) is 2. The minimum atomic E-state index is -3.79. The maximum atomic E-state index is 12.3. The van der Waals surface area contributed by atoms with Gasteiger partial charge in [0.05, 0.1) is 7.11 Å². The number of sulfonamides is 1. The number of hydrogen-bond acceptors (Lipinski definition) is 5. The summed E-state index contributed by atoms with van der Waals surface area (Å²) < 4.78 is 32.8. The zero-order valence-corrected chi connectivity index (χ0v) is 12.9. The van der Waals surface area contributed by atoms with E-state index in [2.05, 4.69) is 25.6 Å². The van der Waals surface area contributed by atoms with Crippen LogP contribution < -0.4 is 15.2 Å². The van der Waals surface area contributed by atoms with E-state index in [1.807, 2.05) is 0 Å². The Labute approximate surface area is 125 Å². The Morgan fingerprint density at radius 3 is 2.65 bits per heavy atom. The van der Waals surface area contributed by atoms with Gasteiger partial charge in [-0.05, 0) is 40.2 Å². The number of pyridine rings is 1. The number of ether oxygens (including phenoxy) is 1. The maximum absolute atomic E-state index is 12.3. The van der Waals surface area contributed by atoms with E-state index in [-0.39, 0.29) is 16.5 Å². The van der Waals surface area contributed by atoms with Gasteiger partial charge < -0.3 is 10.5 Å². The van der Waals surface area contributed by atoms with Gasteiger partial charge in [0.15, 0.2) is 0 Å². The first-order valence-corrected chi connectivity index (χ1v) is 7.78. The lowest BCUT2D eigenvalue weighted by molar-refractivity contribution is 0.403. The van der Waals surface area contributed by atoms with Gasteiger partial charge in [0, 0.05) is 22.4 Å². The molecule has 1 aromatic carbocycles. The first-order chi connectivity index (χ1) is 9.42. The largest absolute Gasteiger partial charge is 0.495 e. The predicted octanol–water partition coefficient (Wildman–Crippen LogP) is 2.24. The van der Waals surface area contributed by atoms with Crippen LogP contribution in [0.2, 0.25) is 0 Å². The topological polar surface area (TPSA) is 94.3 Å². The number of anilines is 2. The summed E-state index contributed by atoms with van der Waals surface area (Å²) >= 11 is 3.23. The van der Waals surface area contributed by atoms with Crippen molar-refractivity contribution in [2.75, 3.05) is 17.6 Å². The van der Waals surface area contributed by atoms with Gasteiger partial charge in [0.2, 0.25) is 0 Å². The highest BCUT2D eigenvalue weighted by Gasteiger charge is 2.20. The first kappa shape index (κ1) is 14.6. The summed E-state index contributed by atoms with van der Waals surface area (Å²) in [5.74, 6) is 0.390. The normalized spacial score (nSPS) is 11.1. The lowest BCUT2D eigenvalue weighted by atomic mass is 10.3. The summed E-state index contributed by atoms with van der Waals surface area (Å²) in [4.78, 5) is 3.96. The quantitative estimate of drug-likeness (QED) is 0.818. The van der Waals surface area contributed by atoms with E-state index in [9.17, 15) is 8.42 Å². The number of rotatable bonds is 4. The summed E-state index contributed by atoms with van der Waals surface area (Å²) in [6.45, 7) is 0.